The third-order valence-electron chi connectivity index (χ3n) is 1.50. The first-order valence-corrected chi connectivity index (χ1v) is 4.18. The van der Waals surface area contributed by atoms with Gasteiger partial charge in [-0.1, -0.05) is 12.1 Å². The van der Waals surface area contributed by atoms with E-state index in [0.29, 0.717) is 17.9 Å². The van der Waals surface area contributed by atoms with E-state index in [-0.39, 0.29) is 6.04 Å². The molecule has 0 atom stereocenters. The summed E-state index contributed by atoms with van der Waals surface area (Å²) < 4.78 is 12.7. The molecule has 14 heavy (non-hydrogen) atoms. The van der Waals surface area contributed by atoms with Gasteiger partial charge in [0.1, 0.15) is 5.75 Å². The molecule has 0 saturated carbocycles. The van der Waals surface area contributed by atoms with Gasteiger partial charge in [-0.25, -0.2) is 0 Å². The Bertz CT molecular complexity index is 390. The Labute approximate surface area is 83.4 Å². The second-order valence-electron chi connectivity index (χ2n) is 2.52. The van der Waals surface area contributed by atoms with Crippen molar-refractivity contribution in [2.24, 2.45) is 0 Å². The van der Waals surface area contributed by atoms with Crippen LogP contribution in [0.4, 0.5) is 0 Å². The molecule has 4 heteroatoms. The lowest BCUT2D eigenvalue weighted by atomic mass is 10.2. The van der Waals surface area contributed by atoms with Crippen molar-refractivity contribution in [1.82, 2.24) is 0 Å². The summed E-state index contributed by atoms with van der Waals surface area (Å²) in [6, 6.07) is 5.04. The van der Waals surface area contributed by atoms with Gasteiger partial charge >= 0.3 is 0 Å². The van der Waals surface area contributed by atoms with E-state index < -0.39 is 4.92 Å². The Balaban J connectivity index is 2.86. The molecule has 0 unspecified atom stereocenters. The summed E-state index contributed by atoms with van der Waals surface area (Å²) in [6.07, 6.45) is 2.18. The number of benzene rings is 1. The molecule has 4 nitrogen and oxygen atoms in total. The van der Waals surface area contributed by atoms with Crippen LogP contribution in [0.15, 0.2) is 30.4 Å². The highest BCUT2D eigenvalue weighted by Crippen LogP contribution is 2.12. The fourth-order valence-corrected chi connectivity index (χ4v) is 0.918. The summed E-state index contributed by atoms with van der Waals surface area (Å²) in [5, 5.41) is 10.1. The molecule has 0 aliphatic rings. The first-order chi connectivity index (χ1) is 7.13. The smallest absolute Gasteiger partial charge is 0.235 e. The van der Waals surface area contributed by atoms with Gasteiger partial charge in [0.25, 0.3) is 0 Å². The number of ether oxygens (including phenoxy) is 1. The van der Waals surface area contributed by atoms with Gasteiger partial charge in [0.05, 0.1) is 12.9 Å². The van der Waals surface area contributed by atoms with Gasteiger partial charge < -0.3 is 4.74 Å². The van der Waals surface area contributed by atoms with Crippen molar-refractivity contribution < 1.29 is 11.0 Å². The lowest BCUT2D eigenvalue weighted by molar-refractivity contribution is -0.400. The molecule has 0 N–H and O–H groups in total. The Morgan fingerprint density at radius 2 is 2.43 bits per heavy atom. The van der Waals surface area contributed by atoms with Crippen LogP contribution in [0.1, 0.15) is 13.9 Å². The van der Waals surface area contributed by atoms with E-state index in [1.165, 1.54) is 12.1 Å². The maximum Gasteiger partial charge on any atom is 0.235 e. The van der Waals surface area contributed by atoms with Crippen molar-refractivity contribution >= 4 is 6.08 Å². The second-order valence-corrected chi connectivity index (χ2v) is 2.52. The lowest BCUT2D eigenvalue weighted by Crippen LogP contribution is -1.90. The molecule has 1 aromatic rings. The fourth-order valence-electron chi connectivity index (χ4n) is 0.918. The van der Waals surface area contributed by atoms with Gasteiger partial charge in [0.15, 0.2) is 0 Å². The Kier molecular flexibility index (Phi) is 3.13. The van der Waals surface area contributed by atoms with Crippen molar-refractivity contribution in [3.63, 3.8) is 0 Å². The molecule has 0 saturated heterocycles. The van der Waals surface area contributed by atoms with Gasteiger partial charge in [-0.15, -0.1) is 0 Å². The minimum absolute atomic E-state index is 0.224. The third kappa shape index (κ3) is 3.26. The van der Waals surface area contributed by atoms with Gasteiger partial charge in [-0.05, 0) is 24.6 Å². The van der Waals surface area contributed by atoms with Crippen LogP contribution >= 0.6 is 0 Å². The van der Waals surface area contributed by atoms with Crippen molar-refractivity contribution in [1.29, 1.82) is 0 Å². The summed E-state index contributed by atoms with van der Waals surface area (Å²) >= 11 is 0. The van der Waals surface area contributed by atoms with E-state index in [4.69, 9.17) is 6.11 Å². The molecular formula is C10H11NO3. The predicted molar refractivity (Wildman–Crippen MR) is 53.6 cm³/mol. The average Bonchev–Trinajstić information content (AvgIpc) is 2.19. The molecule has 0 fully saturated rings. The number of nitro groups is 1. The number of rotatable bonds is 4. The predicted octanol–water partition coefficient (Wildman–Crippen LogP) is 2.33. The van der Waals surface area contributed by atoms with Gasteiger partial charge in [0, 0.05) is 6.08 Å². The van der Waals surface area contributed by atoms with E-state index in [9.17, 15) is 10.1 Å². The van der Waals surface area contributed by atoms with Crippen molar-refractivity contribution in [2.75, 3.05) is 6.61 Å². The second kappa shape index (κ2) is 5.01. The Hall–Kier alpha value is -1.84. The molecule has 74 valence electrons. The lowest BCUT2D eigenvalue weighted by Gasteiger charge is -2.01. The van der Waals surface area contributed by atoms with Gasteiger partial charge in [-0.2, -0.15) is 0 Å². The minimum atomic E-state index is -0.542. The van der Waals surface area contributed by atoms with E-state index in [0.717, 1.165) is 6.20 Å². The van der Waals surface area contributed by atoms with Crippen molar-refractivity contribution in [3.8, 4) is 5.75 Å². The van der Waals surface area contributed by atoms with Crippen LogP contribution in [-0.4, -0.2) is 11.5 Å². The normalized spacial score (nSPS) is 11.4. The van der Waals surface area contributed by atoms with Crippen LogP contribution in [0.3, 0.4) is 0 Å². The molecule has 1 rings (SSSR count). The van der Waals surface area contributed by atoms with Crippen LogP contribution in [0, 0.1) is 10.1 Å². The summed E-state index contributed by atoms with van der Waals surface area (Å²) in [7, 11) is 0. The van der Waals surface area contributed by atoms with Crippen LogP contribution in [0.25, 0.3) is 6.08 Å². The zero-order valence-corrected chi connectivity index (χ0v) is 7.77. The standard InChI is InChI=1S/C10H11NO3/c1-2-14-10-5-3-9(4-6-10)7-8-11(12)13/h3-8H,2H2,1H3/i5D. The largest absolute Gasteiger partial charge is 0.494 e. The van der Waals surface area contributed by atoms with Crippen molar-refractivity contribution in [2.45, 2.75) is 6.92 Å². The Morgan fingerprint density at radius 3 is 3.00 bits per heavy atom. The first kappa shape index (κ1) is 8.74. The highest BCUT2D eigenvalue weighted by atomic mass is 16.6. The van der Waals surface area contributed by atoms with E-state index >= 15 is 0 Å². The highest BCUT2D eigenvalue weighted by Gasteiger charge is 1.92. The third-order valence-corrected chi connectivity index (χ3v) is 1.50. The van der Waals surface area contributed by atoms with Gasteiger partial charge in [-0.3, -0.25) is 10.1 Å². The Morgan fingerprint density at radius 1 is 1.64 bits per heavy atom. The molecule has 0 radical (unpaired) electrons. The van der Waals surface area contributed by atoms with E-state index in [2.05, 4.69) is 0 Å². The highest BCUT2D eigenvalue weighted by molar-refractivity contribution is 5.49. The molecule has 0 spiro atoms. The summed E-state index contributed by atoms with van der Waals surface area (Å²) in [4.78, 5) is 9.53. The SMILES string of the molecule is [2H]c1cc(C=C[N+](=O)[O-])ccc1OCC. The van der Waals surface area contributed by atoms with Crippen LogP contribution in [0.5, 0.6) is 5.75 Å². The van der Waals surface area contributed by atoms with E-state index in [1.807, 2.05) is 6.92 Å². The zero-order valence-electron chi connectivity index (χ0n) is 8.77. The fraction of sp³-hybridized carbons (Fsp3) is 0.200. The summed E-state index contributed by atoms with van der Waals surface area (Å²) in [5.41, 5.74) is 0.611. The van der Waals surface area contributed by atoms with Crippen LogP contribution < -0.4 is 4.74 Å². The van der Waals surface area contributed by atoms with Crippen LogP contribution in [-0.2, 0) is 0 Å². The van der Waals surface area contributed by atoms with Gasteiger partial charge in [0.2, 0.25) is 6.20 Å². The molecule has 0 aliphatic heterocycles. The zero-order chi connectivity index (χ0) is 11.3. The molecule has 0 aliphatic carbocycles. The first-order valence-electron chi connectivity index (χ1n) is 4.68. The topological polar surface area (TPSA) is 52.4 Å². The number of hydrogen-bond acceptors (Lipinski definition) is 3. The molecule has 0 amide bonds. The minimum Gasteiger partial charge on any atom is -0.494 e. The van der Waals surface area contributed by atoms with Crippen LogP contribution in [0.2, 0.25) is 0 Å². The number of hydrogen-bond donors (Lipinski definition) is 0. The molecule has 0 bridgehead atoms. The maximum absolute atomic E-state index is 10.1. The maximum atomic E-state index is 10.1. The number of nitrogens with zero attached hydrogens (tertiary/aromatic N) is 1. The quantitative estimate of drug-likeness (QED) is 0.546. The summed E-state index contributed by atoms with van der Waals surface area (Å²) in [6.45, 7) is 2.33. The molecular weight excluding hydrogens is 182 g/mol. The van der Waals surface area contributed by atoms with E-state index in [1.54, 1.807) is 12.1 Å². The monoisotopic (exact) mass is 194 g/mol. The average molecular weight is 194 g/mol. The van der Waals surface area contributed by atoms with Crippen molar-refractivity contribution in [3.05, 3.63) is 46.1 Å². The molecule has 1 aromatic carbocycles. The summed E-state index contributed by atoms with van der Waals surface area (Å²) in [5.74, 6) is 0.482. The molecule has 0 heterocycles. The molecule has 0 aromatic heterocycles.